The van der Waals surface area contributed by atoms with Crippen LogP contribution in [0.15, 0.2) is 12.7 Å². The minimum Gasteiger partial charge on any atom is -0.338 e. The van der Waals surface area contributed by atoms with E-state index in [9.17, 15) is 4.79 Å². The Hall–Kier alpha value is -0.830. The Morgan fingerprint density at radius 2 is 2.43 bits per heavy atom. The van der Waals surface area contributed by atoms with Gasteiger partial charge in [0, 0.05) is 19.1 Å². The van der Waals surface area contributed by atoms with Crippen LogP contribution in [0.4, 0.5) is 0 Å². The molecule has 1 saturated heterocycles. The molecule has 1 heterocycles. The van der Waals surface area contributed by atoms with Gasteiger partial charge in [-0.05, 0) is 32.5 Å². The number of likely N-dealkylation sites (tertiary alicyclic amines) is 1. The largest absolute Gasteiger partial charge is 0.338 e. The fourth-order valence-electron chi connectivity index (χ4n) is 1.90. The summed E-state index contributed by atoms with van der Waals surface area (Å²) in [6.45, 7) is 8.45. The zero-order chi connectivity index (χ0) is 10.6. The molecule has 80 valence electrons. The third kappa shape index (κ3) is 2.58. The van der Waals surface area contributed by atoms with Crippen LogP contribution >= 0.6 is 0 Å². The Morgan fingerprint density at radius 1 is 1.71 bits per heavy atom. The molecule has 1 aliphatic heterocycles. The first-order valence-electron chi connectivity index (χ1n) is 5.30. The number of amides is 1. The molecule has 1 aliphatic rings. The third-order valence-electron chi connectivity index (χ3n) is 3.00. The average molecular weight is 196 g/mol. The highest BCUT2D eigenvalue weighted by molar-refractivity contribution is 5.87. The van der Waals surface area contributed by atoms with E-state index in [0.29, 0.717) is 6.04 Å². The lowest BCUT2D eigenvalue weighted by atomic mass is 10.0. The van der Waals surface area contributed by atoms with Crippen molar-refractivity contribution in [2.24, 2.45) is 0 Å². The Bertz CT molecular complexity index is 215. The van der Waals surface area contributed by atoms with Crippen LogP contribution in [-0.2, 0) is 4.79 Å². The van der Waals surface area contributed by atoms with Crippen molar-refractivity contribution in [3.63, 3.8) is 0 Å². The number of hydrogen-bond donors (Lipinski definition) is 0. The maximum Gasteiger partial charge on any atom is 0.246 e. The molecule has 1 fully saturated rings. The fraction of sp³-hybridized carbons (Fsp3) is 0.727. The van der Waals surface area contributed by atoms with Gasteiger partial charge in [-0.15, -0.1) is 0 Å². The first kappa shape index (κ1) is 11.2. The van der Waals surface area contributed by atoms with Crippen LogP contribution in [0, 0.1) is 0 Å². The van der Waals surface area contributed by atoms with E-state index in [-0.39, 0.29) is 5.91 Å². The summed E-state index contributed by atoms with van der Waals surface area (Å²) >= 11 is 0. The van der Waals surface area contributed by atoms with E-state index in [2.05, 4.69) is 25.5 Å². The van der Waals surface area contributed by atoms with Crippen LogP contribution < -0.4 is 0 Å². The highest BCUT2D eigenvalue weighted by Gasteiger charge is 2.23. The van der Waals surface area contributed by atoms with Crippen molar-refractivity contribution in [2.75, 3.05) is 26.7 Å². The molecule has 0 N–H and O–H groups in total. The first-order valence-corrected chi connectivity index (χ1v) is 5.30. The summed E-state index contributed by atoms with van der Waals surface area (Å²) in [7, 11) is 2.12. The summed E-state index contributed by atoms with van der Waals surface area (Å²) in [6, 6.07) is 0.526. The molecule has 0 bridgehead atoms. The van der Waals surface area contributed by atoms with E-state index in [1.54, 1.807) is 0 Å². The van der Waals surface area contributed by atoms with Gasteiger partial charge in [0.2, 0.25) is 5.91 Å². The van der Waals surface area contributed by atoms with Gasteiger partial charge in [0.25, 0.3) is 0 Å². The Morgan fingerprint density at radius 3 is 3.00 bits per heavy atom. The predicted octanol–water partition coefficient (Wildman–Crippen LogP) is 1.12. The van der Waals surface area contributed by atoms with Gasteiger partial charge in [-0.2, -0.15) is 0 Å². The predicted molar refractivity (Wildman–Crippen MR) is 58.1 cm³/mol. The molecule has 1 atom stereocenters. The average Bonchev–Trinajstić information content (AvgIpc) is 2.27. The van der Waals surface area contributed by atoms with Crippen molar-refractivity contribution in [1.29, 1.82) is 0 Å². The number of likely N-dealkylation sites (N-methyl/N-ethyl adjacent to an activating group) is 1. The van der Waals surface area contributed by atoms with Crippen molar-refractivity contribution in [2.45, 2.75) is 25.8 Å². The monoisotopic (exact) mass is 196 g/mol. The van der Waals surface area contributed by atoms with Crippen LogP contribution in [-0.4, -0.2) is 48.4 Å². The van der Waals surface area contributed by atoms with Crippen molar-refractivity contribution in [1.82, 2.24) is 9.80 Å². The smallest absolute Gasteiger partial charge is 0.246 e. The van der Waals surface area contributed by atoms with E-state index in [1.165, 1.54) is 12.5 Å². The second-order valence-electron chi connectivity index (χ2n) is 3.86. The summed E-state index contributed by atoms with van der Waals surface area (Å²) in [6.07, 6.45) is 3.72. The highest BCUT2D eigenvalue weighted by atomic mass is 16.2. The summed E-state index contributed by atoms with van der Waals surface area (Å²) in [5.41, 5.74) is 0. The molecule has 0 aromatic carbocycles. The van der Waals surface area contributed by atoms with Gasteiger partial charge >= 0.3 is 0 Å². The maximum atomic E-state index is 11.4. The van der Waals surface area contributed by atoms with Gasteiger partial charge in [0.1, 0.15) is 0 Å². The van der Waals surface area contributed by atoms with E-state index in [4.69, 9.17) is 0 Å². The molecular formula is C11H20N2O. The quantitative estimate of drug-likeness (QED) is 0.631. The van der Waals surface area contributed by atoms with Gasteiger partial charge in [-0.3, -0.25) is 4.79 Å². The molecule has 0 aromatic rings. The summed E-state index contributed by atoms with van der Waals surface area (Å²) < 4.78 is 0. The van der Waals surface area contributed by atoms with Crippen LogP contribution in [0.1, 0.15) is 19.8 Å². The lowest BCUT2D eigenvalue weighted by Gasteiger charge is -2.36. The molecule has 0 radical (unpaired) electrons. The molecule has 0 saturated carbocycles. The minimum absolute atomic E-state index is 0.0687. The Labute approximate surface area is 86.4 Å². The van der Waals surface area contributed by atoms with Gasteiger partial charge in [0.05, 0.1) is 0 Å². The first-order chi connectivity index (χ1) is 6.69. The maximum absolute atomic E-state index is 11.4. The Kier molecular flexibility index (Phi) is 4.14. The molecule has 3 nitrogen and oxygen atoms in total. The number of carbonyl (C=O) groups is 1. The fourth-order valence-corrected chi connectivity index (χ4v) is 1.90. The second-order valence-corrected chi connectivity index (χ2v) is 3.86. The van der Waals surface area contributed by atoms with E-state index >= 15 is 0 Å². The highest BCUT2D eigenvalue weighted by Crippen LogP contribution is 2.14. The molecule has 14 heavy (non-hydrogen) atoms. The number of hydrogen-bond acceptors (Lipinski definition) is 2. The van der Waals surface area contributed by atoms with Crippen LogP contribution in [0.5, 0.6) is 0 Å². The number of piperidine rings is 1. The number of nitrogens with zero attached hydrogens (tertiary/aromatic N) is 2. The zero-order valence-electron chi connectivity index (χ0n) is 9.20. The van der Waals surface area contributed by atoms with Crippen molar-refractivity contribution < 1.29 is 4.79 Å². The lowest BCUT2D eigenvalue weighted by molar-refractivity contribution is -0.127. The van der Waals surface area contributed by atoms with E-state index < -0.39 is 0 Å². The third-order valence-corrected chi connectivity index (χ3v) is 3.00. The van der Waals surface area contributed by atoms with Crippen LogP contribution in [0.3, 0.4) is 0 Å². The number of rotatable bonds is 3. The lowest BCUT2D eigenvalue weighted by Crippen LogP contribution is -2.48. The molecule has 3 heteroatoms. The molecule has 1 amide bonds. The zero-order valence-corrected chi connectivity index (χ0v) is 9.20. The van der Waals surface area contributed by atoms with Crippen molar-refractivity contribution in [3.05, 3.63) is 12.7 Å². The molecular weight excluding hydrogens is 176 g/mol. The molecule has 1 rings (SSSR count). The van der Waals surface area contributed by atoms with Gasteiger partial charge in [0.15, 0.2) is 0 Å². The van der Waals surface area contributed by atoms with Crippen LogP contribution in [0.2, 0.25) is 0 Å². The number of carbonyl (C=O) groups excluding carboxylic acids is 1. The van der Waals surface area contributed by atoms with Crippen molar-refractivity contribution >= 4 is 5.91 Å². The summed E-state index contributed by atoms with van der Waals surface area (Å²) in [5.74, 6) is 0.0687. The second kappa shape index (κ2) is 5.15. The van der Waals surface area contributed by atoms with Gasteiger partial charge in [-0.25, -0.2) is 0 Å². The summed E-state index contributed by atoms with van der Waals surface area (Å²) in [5, 5.41) is 0. The topological polar surface area (TPSA) is 23.6 Å². The Balaban J connectivity index is 2.51. The van der Waals surface area contributed by atoms with Crippen molar-refractivity contribution in [3.8, 4) is 0 Å². The van der Waals surface area contributed by atoms with E-state index in [1.807, 2.05) is 4.90 Å². The summed E-state index contributed by atoms with van der Waals surface area (Å²) in [4.78, 5) is 15.6. The van der Waals surface area contributed by atoms with Gasteiger partial charge in [-0.1, -0.05) is 13.5 Å². The SMILES string of the molecule is C=CC(=O)N1CCC[C@@H](N(C)CC)C1. The molecule has 0 aromatic heterocycles. The van der Waals surface area contributed by atoms with Gasteiger partial charge < -0.3 is 9.80 Å². The standard InChI is InChI=1S/C11H20N2O/c1-4-11(14)13-8-6-7-10(9-13)12(3)5-2/h4,10H,1,5-9H2,2-3H3/t10-/m1/s1. The van der Waals surface area contributed by atoms with Crippen LogP contribution in [0.25, 0.3) is 0 Å². The molecule has 0 spiro atoms. The molecule has 0 aliphatic carbocycles. The van der Waals surface area contributed by atoms with E-state index in [0.717, 1.165) is 26.1 Å². The minimum atomic E-state index is 0.0687. The normalized spacial score (nSPS) is 22.5. The molecule has 0 unspecified atom stereocenters.